The Balaban J connectivity index is 2.59. The van der Waals surface area contributed by atoms with Crippen LogP contribution in [0.4, 0.5) is 11.4 Å². The summed E-state index contributed by atoms with van der Waals surface area (Å²) in [6.07, 6.45) is 0.642. The zero-order chi connectivity index (χ0) is 14.5. The number of aliphatic hydroxyl groups excluding tert-OH is 1. The Labute approximate surface area is 115 Å². The number of hydrogen-bond acceptors (Lipinski definition) is 4. The van der Waals surface area contributed by atoms with E-state index < -0.39 is 6.10 Å². The maximum absolute atomic E-state index is 9.93. The van der Waals surface area contributed by atoms with Gasteiger partial charge in [0.1, 0.15) is 0 Å². The predicted molar refractivity (Wildman–Crippen MR) is 78.7 cm³/mol. The molecule has 0 aliphatic carbocycles. The number of nitrogens with one attached hydrogen (secondary N) is 1. The van der Waals surface area contributed by atoms with E-state index in [1.54, 1.807) is 6.07 Å². The number of rotatable bonds is 5. The van der Waals surface area contributed by atoms with E-state index in [1.165, 1.54) is 0 Å². The van der Waals surface area contributed by atoms with Crippen molar-refractivity contribution in [3.05, 3.63) is 23.8 Å². The third-order valence-electron chi connectivity index (χ3n) is 2.80. The van der Waals surface area contributed by atoms with Crippen molar-refractivity contribution in [1.29, 1.82) is 5.26 Å². The van der Waals surface area contributed by atoms with Gasteiger partial charge in [-0.25, -0.2) is 0 Å². The Bertz CT molecular complexity index is 457. The van der Waals surface area contributed by atoms with Crippen LogP contribution in [0.1, 0.15) is 32.8 Å². The number of nitrogens with two attached hydrogens (primary N) is 1. The van der Waals surface area contributed by atoms with Crippen molar-refractivity contribution in [2.75, 3.05) is 17.6 Å². The topological polar surface area (TPSA) is 82.1 Å². The fraction of sp³-hybridized carbons (Fsp3) is 0.533. The predicted octanol–water partition coefficient (Wildman–Crippen LogP) is 2.54. The molecule has 0 amide bonds. The summed E-state index contributed by atoms with van der Waals surface area (Å²) in [5.41, 5.74) is 8.22. The van der Waals surface area contributed by atoms with Crippen molar-refractivity contribution in [2.24, 2.45) is 5.41 Å². The summed E-state index contributed by atoms with van der Waals surface area (Å²) in [5.74, 6) is 0. The maximum atomic E-state index is 9.93. The van der Waals surface area contributed by atoms with Gasteiger partial charge in [-0.15, -0.1) is 0 Å². The molecule has 0 aromatic heterocycles. The molecule has 0 radical (unpaired) electrons. The van der Waals surface area contributed by atoms with E-state index in [-0.39, 0.29) is 5.41 Å². The number of anilines is 2. The van der Waals surface area contributed by atoms with Crippen LogP contribution in [0.3, 0.4) is 0 Å². The van der Waals surface area contributed by atoms with Crippen molar-refractivity contribution < 1.29 is 5.11 Å². The first-order valence-corrected chi connectivity index (χ1v) is 6.49. The minimum Gasteiger partial charge on any atom is -0.398 e. The van der Waals surface area contributed by atoms with Gasteiger partial charge in [0.2, 0.25) is 0 Å². The van der Waals surface area contributed by atoms with Crippen LogP contribution in [0.2, 0.25) is 0 Å². The zero-order valence-corrected chi connectivity index (χ0v) is 11.9. The van der Waals surface area contributed by atoms with Crippen molar-refractivity contribution in [1.82, 2.24) is 0 Å². The van der Waals surface area contributed by atoms with Gasteiger partial charge in [-0.1, -0.05) is 20.8 Å². The van der Waals surface area contributed by atoms with Crippen LogP contribution >= 0.6 is 0 Å². The highest BCUT2D eigenvalue weighted by Gasteiger charge is 2.16. The van der Waals surface area contributed by atoms with Gasteiger partial charge >= 0.3 is 0 Å². The number of benzene rings is 1. The number of aliphatic hydroxyl groups is 1. The molecule has 4 N–H and O–H groups in total. The number of nitrogens with zero attached hydrogens (tertiary/aromatic N) is 1. The summed E-state index contributed by atoms with van der Waals surface area (Å²) in [6.45, 7) is 6.80. The van der Waals surface area contributed by atoms with Gasteiger partial charge in [-0.3, -0.25) is 0 Å². The molecule has 1 unspecified atom stereocenters. The SMILES string of the molecule is CC(C)(C)CC(O)CNc1ccc(N)c(CC#N)c1. The number of nitriles is 1. The molecular formula is C15H23N3O. The summed E-state index contributed by atoms with van der Waals surface area (Å²) in [5, 5.41) is 21.8. The third-order valence-corrected chi connectivity index (χ3v) is 2.80. The Kier molecular flexibility index (Phi) is 5.20. The summed E-state index contributed by atoms with van der Waals surface area (Å²) >= 11 is 0. The van der Waals surface area contributed by atoms with Crippen molar-refractivity contribution in [3.8, 4) is 6.07 Å². The van der Waals surface area contributed by atoms with Gasteiger partial charge < -0.3 is 16.2 Å². The minimum atomic E-state index is -0.392. The Hall–Kier alpha value is -1.73. The van der Waals surface area contributed by atoms with E-state index in [2.05, 4.69) is 32.2 Å². The third kappa shape index (κ3) is 5.62. The smallest absolute Gasteiger partial charge is 0.0717 e. The standard InChI is InChI=1S/C15H23N3O/c1-15(2,3)9-13(19)10-18-12-4-5-14(17)11(8-12)6-7-16/h4-5,8,13,18-19H,6,9-10,17H2,1-3H3. The molecule has 0 saturated heterocycles. The Morgan fingerprint density at radius 1 is 1.42 bits per heavy atom. The molecule has 1 atom stereocenters. The lowest BCUT2D eigenvalue weighted by molar-refractivity contribution is 0.132. The van der Waals surface area contributed by atoms with Gasteiger partial charge in [0.15, 0.2) is 0 Å². The lowest BCUT2D eigenvalue weighted by Crippen LogP contribution is -2.25. The van der Waals surface area contributed by atoms with Gasteiger partial charge in [0.05, 0.1) is 18.6 Å². The molecule has 0 saturated carbocycles. The highest BCUT2D eigenvalue weighted by molar-refractivity contribution is 5.58. The van der Waals surface area contributed by atoms with Crippen molar-refractivity contribution >= 4 is 11.4 Å². The average molecular weight is 261 g/mol. The molecular weight excluding hydrogens is 238 g/mol. The highest BCUT2D eigenvalue weighted by Crippen LogP contribution is 2.22. The van der Waals surface area contributed by atoms with Crippen LogP contribution in [0.25, 0.3) is 0 Å². The van der Waals surface area contributed by atoms with Gasteiger partial charge in [0, 0.05) is 17.9 Å². The molecule has 0 spiro atoms. The molecule has 4 nitrogen and oxygen atoms in total. The fourth-order valence-electron chi connectivity index (χ4n) is 1.97. The lowest BCUT2D eigenvalue weighted by atomic mass is 9.89. The molecule has 1 rings (SSSR count). The second-order valence-electron chi connectivity index (χ2n) is 6.05. The number of hydrogen-bond donors (Lipinski definition) is 3. The van der Waals surface area contributed by atoms with Crippen LogP contribution in [0.15, 0.2) is 18.2 Å². The quantitative estimate of drug-likeness (QED) is 0.711. The highest BCUT2D eigenvalue weighted by atomic mass is 16.3. The molecule has 19 heavy (non-hydrogen) atoms. The van der Waals surface area contributed by atoms with E-state index in [4.69, 9.17) is 11.0 Å². The van der Waals surface area contributed by atoms with Crippen LogP contribution in [-0.2, 0) is 6.42 Å². The number of nitrogen functional groups attached to an aromatic ring is 1. The first kappa shape index (κ1) is 15.3. The molecule has 0 aliphatic rings. The summed E-state index contributed by atoms with van der Waals surface area (Å²) in [6, 6.07) is 7.60. The van der Waals surface area contributed by atoms with E-state index in [0.29, 0.717) is 18.7 Å². The van der Waals surface area contributed by atoms with E-state index >= 15 is 0 Å². The summed E-state index contributed by atoms with van der Waals surface area (Å²) in [4.78, 5) is 0. The second kappa shape index (κ2) is 6.44. The second-order valence-corrected chi connectivity index (χ2v) is 6.05. The zero-order valence-electron chi connectivity index (χ0n) is 11.9. The average Bonchev–Trinajstić information content (AvgIpc) is 2.28. The first-order valence-electron chi connectivity index (χ1n) is 6.49. The first-order chi connectivity index (χ1) is 8.81. The molecule has 0 heterocycles. The largest absolute Gasteiger partial charge is 0.398 e. The summed E-state index contributed by atoms with van der Waals surface area (Å²) in [7, 11) is 0. The van der Waals surface area contributed by atoms with Gasteiger partial charge in [-0.2, -0.15) is 5.26 Å². The minimum absolute atomic E-state index is 0.105. The molecule has 1 aromatic carbocycles. The van der Waals surface area contributed by atoms with Crippen LogP contribution in [0.5, 0.6) is 0 Å². The van der Waals surface area contributed by atoms with Crippen molar-refractivity contribution in [2.45, 2.75) is 39.7 Å². The summed E-state index contributed by atoms with van der Waals surface area (Å²) < 4.78 is 0. The van der Waals surface area contributed by atoms with E-state index in [1.807, 2.05) is 12.1 Å². The van der Waals surface area contributed by atoms with E-state index in [9.17, 15) is 5.11 Å². The monoisotopic (exact) mass is 261 g/mol. The fourth-order valence-corrected chi connectivity index (χ4v) is 1.97. The Morgan fingerprint density at radius 2 is 2.11 bits per heavy atom. The van der Waals surface area contributed by atoms with Gasteiger partial charge in [0.25, 0.3) is 0 Å². The normalized spacial score (nSPS) is 12.8. The van der Waals surface area contributed by atoms with Crippen LogP contribution in [-0.4, -0.2) is 17.8 Å². The molecule has 4 heteroatoms. The van der Waals surface area contributed by atoms with Crippen LogP contribution < -0.4 is 11.1 Å². The van der Waals surface area contributed by atoms with Gasteiger partial charge in [-0.05, 0) is 35.6 Å². The maximum Gasteiger partial charge on any atom is 0.0717 e. The van der Waals surface area contributed by atoms with E-state index in [0.717, 1.165) is 17.7 Å². The Morgan fingerprint density at radius 3 is 2.68 bits per heavy atom. The van der Waals surface area contributed by atoms with Crippen LogP contribution in [0, 0.1) is 16.7 Å². The van der Waals surface area contributed by atoms with Crippen molar-refractivity contribution in [3.63, 3.8) is 0 Å². The lowest BCUT2D eigenvalue weighted by Gasteiger charge is -2.23. The molecule has 0 aliphatic heterocycles. The molecule has 104 valence electrons. The molecule has 0 bridgehead atoms. The molecule has 0 fully saturated rings. The molecule has 1 aromatic rings.